The first-order valence-corrected chi connectivity index (χ1v) is 44.5. The molecule has 7 aliphatic carbocycles. The molecule has 0 aromatic heterocycles. The van der Waals surface area contributed by atoms with Crippen molar-refractivity contribution in [1.82, 2.24) is 0 Å². The van der Waals surface area contributed by atoms with Crippen molar-refractivity contribution in [2.45, 2.75) is 280 Å². The zero-order chi connectivity index (χ0) is 56.3. The highest BCUT2D eigenvalue weighted by Crippen LogP contribution is 2.65. The maximum Gasteiger partial charge on any atom is 0.486 e. The summed E-state index contributed by atoms with van der Waals surface area (Å²) in [6.07, 6.45) is 6.26. The van der Waals surface area contributed by atoms with E-state index in [9.17, 15) is 40.3 Å². The molecule has 33 heteroatoms. The second-order valence-electron chi connectivity index (χ2n) is 24.9. The van der Waals surface area contributed by atoms with Gasteiger partial charge in [-0.1, -0.05) is 89.9 Å². The minimum absolute atomic E-state index is 0.297. The summed E-state index contributed by atoms with van der Waals surface area (Å²) in [5.74, 6) is -37.7. The Morgan fingerprint density at radius 2 is 0.615 bits per heavy atom. The molecule has 10 aliphatic rings. The van der Waals surface area contributed by atoms with Gasteiger partial charge >= 0.3 is 97.4 Å². The Morgan fingerprint density at radius 3 is 0.923 bits per heavy atom. The standard InChI is InChI=1S/C45H75F13O12Si8/c1-71(2,32-31-40(46,47)41(48,49)42(50,51)43(52,53)44(54,55)45(56,57)58)61-74(35-21-7-8-22-35)66-76(37-25-11-12-26-37)64-72(59,33-17-3-4-18-33)62-75(36-23-9-10-24-36)63-73(60,34-19-5-6-20-34)65-77(67-74,38-27-13-14-28-38)70-78(68-75,69-76)39-29-15-16-30-39/h33-39,59-60H,3-32H2,1-2H3. The van der Waals surface area contributed by atoms with Crippen molar-refractivity contribution in [3.63, 3.8) is 0 Å². The molecule has 3 aliphatic heterocycles. The van der Waals surface area contributed by atoms with E-state index in [-0.39, 0.29) is 0 Å². The third-order valence-electron chi connectivity index (χ3n) is 19.1. The van der Waals surface area contributed by atoms with E-state index in [1.165, 1.54) is 13.1 Å². The molecule has 78 heavy (non-hydrogen) atoms. The van der Waals surface area contributed by atoms with Crippen molar-refractivity contribution < 1.29 is 108 Å². The fourth-order valence-corrected chi connectivity index (χ4v) is 63.2. The van der Waals surface area contributed by atoms with Gasteiger partial charge in [0.15, 0.2) is 8.32 Å². The Kier molecular flexibility index (Phi) is 16.8. The zero-order valence-corrected chi connectivity index (χ0v) is 52.1. The fourth-order valence-electron chi connectivity index (χ4n) is 14.6. The molecular weight excluding hydrogens is 1200 g/mol. The normalized spacial score (nSPS) is 38.9. The maximum absolute atomic E-state index is 16.0. The van der Waals surface area contributed by atoms with Crippen LogP contribution in [0.2, 0.25) is 57.9 Å². The minimum atomic E-state index is -8.04. The second kappa shape index (κ2) is 21.3. The van der Waals surface area contributed by atoms with Crippen molar-refractivity contribution >= 4 is 69.9 Å². The first kappa shape index (κ1) is 61.4. The van der Waals surface area contributed by atoms with Crippen LogP contribution in [-0.4, -0.2) is 115 Å². The lowest BCUT2D eigenvalue weighted by molar-refractivity contribution is -0.439. The lowest BCUT2D eigenvalue weighted by Gasteiger charge is -2.62. The Labute approximate surface area is 455 Å². The highest BCUT2D eigenvalue weighted by molar-refractivity contribution is 7.00. The summed E-state index contributed by atoms with van der Waals surface area (Å²) in [6, 6.07) is -1.31. The van der Waals surface area contributed by atoms with Gasteiger partial charge < -0.3 is 50.7 Å². The van der Waals surface area contributed by atoms with E-state index in [2.05, 4.69) is 0 Å². The molecule has 4 atom stereocenters. The van der Waals surface area contributed by atoms with Gasteiger partial charge in [-0.25, -0.2) is 0 Å². The highest BCUT2D eigenvalue weighted by atomic mass is 28.6. The van der Waals surface area contributed by atoms with Gasteiger partial charge in [0.1, 0.15) is 0 Å². The van der Waals surface area contributed by atoms with Gasteiger partial charge in [-0.15, -0.1) is 0 Å². The van der Waals surface area contributed by atoms with Gasteiger partial charge in [-0.3, -0.25) is 0 Å². The van der Waals surface area contributed by atoms with E-state index >= 15 is 26.3 Å². The van der Waals surface area contributed by atoms with Gasteiger partial charge in [0, 0.05) is 45.2 Å². The molecule has 3 heterocycles. The van der Waals surface area contributed by atoms with E-state index in [1.54, 1.807) is 0 Å². The maximum atomic E-state index is 16.0. The molecule has 2 N–H and O–H groups in total. The van der Waals surface area contributed by atoms with Crippen LogP contribution < -0.4 is 0 Å². The molecular formula is C45H75F13O12Si8. The van der Waals surface area contributed by atoms with E-state index in [4.69, 9.17) is 41.2 Å². The third-order valence-corrected chi connectivity index (χ3v) is 55.6. The van der Waals surface area contributed by atoms with Crippen LogP contribution in [-0.2, 0) is 41.2 Å². The van der Waals surface area contributed by atoms with Crippen LogP contribution in [0.25, 0.3) is 0 Å². The van der Waals surface area contributed by atoms with Crippen LogP contribution in [0.1, 0.15) is 186 Å². The Hall–Kier alpha value is 0.345. The van der Waals surface area contributed by atoms with Crippen LogP contribution >= 0.6 is 0 Å². The number of alkyl halides is 13. The van der Waals surface area contributed by atoms with Gasteiger partial charge in [0.25, 0.3) is 0 Å². The SMILES string of the molecule is C[Si](C)(CCC(F)(F)C(F)(F)C(F)(F)C(F)(F)C(F)(F)C(F)(F)F)O[Si]1(C2CCCC2)O[Si]2(C3CCCC3)O[Si](O)(C3CCCC3)O[Si]3(C4CCCC4)O[Si](O)(C4CCCC4)O[Si](C4CCCC4)(O1)O[Si](C1CCCC1)(O3)O2. The largest absolute Gasteiger partial charge is 0.486 e. The van der Waals surface area contributed by atoms with E-state index < -0.39 is 157 Å². The van der Waals surface area contributed by atoms with Crippen LogP contribution in [0, 0.1) is 0 Å². The van der Waals surface area contributed by atoms with Gasteiger partial charge in [-0.2, -0.15) is 57.1 Å². The molecule has 12 nitrogen and oxygen atoms in total. The predicted octanol–water partition coefficient (Wildman–Crippen LogP) is 14.7. The minimum Gasteiger partial charge on any atom is -0.416 e. The summed E-state index contributed by atoms with van der Waals surface area (Å²) in [5.41, 5.74) is -4.05. The average Bonchev–Trinajstić information content (AvgIpc) is 4.25. The van der Waals surface area contributed by atoms with Crippen molar-refractivity contribution in [3.05, 3.63) is 0 Å². The molecule has 0 spiro atoms. The highest BCUT2D eigenvalue weighted by Gasteiger charge is 2.91. The molecule has 450 valence electrons. The number of fused-ring (bicyclic) bond motifs is 3. The molecule has 3 saturated heterocycles. The van der Waals surface area contributed by atoms with E-state index in [0.717, 1.165) is 25.7 Å². The predicted molar refractivity (Wildman–Crippen MR) is 269 cm³/mol. The summed E-state index contributed by atoms with van der Waals surface area (Å²) in [5, 5.41) is 0. The lowest BCUT2D eigenvalue weighted by atomic mass is 9.93. The van der Waals surface area contributed by atoms with Crippen LogP contribution in [0.5, 0.6) is 0 Å². The molecule has 7 saturated carbocycles. The summed E-state index contributed by atoms with van der Waals surface area (Å²) >= 11 is 0. The smallest absolute Gasteiger partial charge is 0.416 e. The number of rotatable bonds is 16. The topological polar surface area (TPSA) is 133 Å². The molecule has 4 unspecified atom stereocenters. The molecule has 0 aromatic carbocycles. The van der Waals surface area contributed by atoms with Crippen molar-refractivity contribution in [2.75, 3.05) is 0 Å². The Morgan fingerprint density at radius 1 is 0.359 bits per heavy atom. The second-order valence-corrected chi connectivity index (χ2v) is 51.4. The summed E-state index contributed by atoms with van der Waals surface area (Å²) in [4.78, 5) is 27.9. The van der Waals surface area contributed by atoms with Crippen molar-refractivity contribution in [2.24, 2.45) is 0 Å². The van der Waals surface area contributed by atoms with Gasteiger partial charge in [0.05, 0.1) is 0 Å². The summed E-state index contributed by atoms with van der Waals surface area (Å²) in [6.45, 7) is 2.49. The summed E-state index contributed by atoms with van der Waals surface area (Å²) in [7, 11) is -37.9. The molecule has 4 bridgehead atoms. The fraction of sp³-hybridized carbons (Fsp3) is 1.00. The molecule has 10 rings (SSSR count). The molecule has 0 aromatic rings. The Balaban J connectivity index is 1.16. The molecule has 0 radical (unpaired) electrons. The number of hydrogen-bond acceptors (Lipinski definition) is 12. The summed E-state index contributed by atoms with van der Waals surface area (Å²) < 4.78 is 267. The van der Waals surface area contributed by atoms with Crippen LogP contribution in [0.4, 0.5) is 57.1 Å². The molecule has 10 fully saturated rings. The number of hydrogen-bond donors (Lipinski definition) is 2. The van der Waals surface area contributed by atoms with E-state index in [1.807, 2.05) is 0 Å². The quantitative estimate of drug-likeness (QED) is 0.113. The van der Waals surface area contributed by atoms with Crippen molar-refractivity contribution in [3.8, 4) is 0 Å². The first-order valence-electron chi connectivity index (χ1n) is 28.7. The molecule has 0 amide bonds. The lowest BCUT2D eigenvalue weighted by Crippen LogP contribution is -2.85. The third kappa shape index (κ3) is 10.5. The average molecular weight is 1280 g/mol. The van der Waals surface area contributed by atoms with E-state index in [0.29, 0.717) is 154 Å². The van der Waals surface area contributed by atoms with Crippen LogP contribution in [0.15, 0.2) is 0 Å². The Bertz CT molecular complexity index is 2060. The van der Waals surface area contributed by atoms with Crippen molar-refractivity contribution in [1.29, 1.82) is 0 Å². The van der Waals surface area contributed by atoms with Gasteiger partial charge in [0.2, 0.25) is 0 Å². The monoisotopic (exact) mass is 1280 g/mol. The zero-order valence-electron chi connectivity index (χ0n) is 44.1. The van der Waals surface area contributed by atoms with Crippen LogP contribution in [0.3, 0.4) is 0 Å². The number of halogens is 13. The first-order chi connectivity index (χ1) is 36.3. The van der Waals surface area contributed by atoms with Gasteiger partial charge in [-0.05, 0) is 109 Å².